The molecule has 0 amide bonds. The molecule has 6 N–H and O–H groups in total. The Labute approximate surface area is 160 Å². The van der Waals surface area contributed by atoms with Gasteiger partial charge in [-0.15, -0.1) is 0 Å². The van der Waals surface area contributed by atoms with E-state index in [9.17, 15) is 4.39 Å². The highest BCUT2D eigenvalue weighted by atomic mass is 19.1. The van der Waals surface area contributed by atoms with Crippen molar-refractivity contribution in [1.29, 1.82) is 0 Å². The van der Waals surface area contributed by atoms with Gasteiger partial charge in [-0.1, -0.05) is 12.6 Å². The number of aryl methyl sites for hydroxylation is 2. The second kappa shape index (κ2) is 7.56. The summed E-state index contributed by atoms with van der Waals surface area (Å²) in [4.78, 5) is 4.73. The fourth-order valence-corrected chi connectivity index (χ4v) is 3.20. The molecule has 2 unspecified atom stereocenters. The van der Waals surface area contributed by atoms with Crippen LogP contribution in [0.3, 0.4) is 0 Å². The average molecular weight is 369 g/mol. The molecule has 0 spiro atoms. The van der Waals surface area contributed by atoms with Crippen molar-refractivity contribution >= 4 is 23.0 Å². The van der Waals surface area contributed by atoms with Crippen LogP contribution in [-0.2, 0) is 0 Å². The lowest BCUT2D eigenvalue weighted by Crippen LogP contribution is -2.40. The van der Waals surface area contributed by atoms with E-state index in [-0.39, 0.29) is 17.9 Å². The van der Waals surface area contributed by atoms with Gasteiger partial charge in [-0.05, 0) is 68.9 Å². The molecule has 6 heteroatoms. The van der Waals surface area contributed by atoms with Gasteiger partial charge in [0.2, 0.25) is 0 Å². The van der Waals surface area contributed by atoms with E-state index in [0.29, 0.717) is 34.2 Å². The Hall–Kier alpha value is -2.60. The predicted octanol–water partition coefficient (Wildman–Crippen LogP) is 4.05. The van der Waals surface area contributed by atoms with Crippen LogP contribution in [0, 0.1) is 25.6 Å². The molecule has 1 heterocycles. The highest BCUT2D eigenvalue weighted by Crippen LogP contribution is 2.36. The number of nitrogens with two attached hydrogens (primary N) is 2. The minimum absolute atomic E-state index is 0.0189. The Bertz CT molecular complexity index is 856. The highest BCUT2D eigenvalue weighted by Gasteiger charge is 2.34. The molecule has 144 valence electrons. The van der Waals surface area contributed by atoms with Gasteiger partial charge in [0.05, 0.1) is 0 Å². The average Bonchev–Trinajstić information content (AvgIpc) is 3.42. The first-order chi connectivity index (χ1) is 12.8. The topological polar surface area (TPSA) is 89.0 Å². The fourth-order valence-electron chi connectivity index (χ4n) is 3.20. The van der Waals surface area contributed by atoms with Crippen LogP contribution in [0.1, 0.15) is 36.5 Å². The molecule has 0 aliphatic heterocycles. The molecule has 1 aromatic heterocycles. The quantitative estimate of drug-likeness (QED) is 0.591. The van der Waals surface area contributed by atoms with Crippen molar-refractivity contribution in [2.24, 2.45) is 17.4 Å². The monoisotopic (exact) mass is 369 g/mol. The first-order valence-electron chi connectivity index (χ1n) is 9.28. The van der Waals surface area contributed by atoms with Crippen molar-refractivity contribution in [3.8, 4) is 0 Å². The Morgan fingerprint density at radius 2 is 1.93 bits per heavy atom. The molecular weight excluding hydrogens is 341 g/mol. The molecule has 1 saturated carbocycles. The second-order valence-corrected chi connectivity index (χ2v) is 7.53. The number of hydrogen-bond acceptors (Lipinski definition) is 5. The fraction of sp³-hybridized carbons (Fsp3) is 0.381. The summed E-state index contributed by atoms with van der Waals surface area (Å²) in [5.74, 6) is 1.60. The zero-order valence-corrected chi connectivity index (χ0v) is 16.1. The van der Waals surface area contributed by atoms with E-state index in [1.807, 2.05) is 26.0 Å². The van der Waals surface area contributed by atoms with Crippen molar-refractivity contribution in [3.63, 3.8) is 0 Å². The van der Waals surface area contributed by atoms with E-state index in [1.54, 1.807) is 13.0 Å². The number of pyridine rings is 1. The maximum Gasteiger partial charge on any atom is 0.142 e. The van der Waals surface area contributed by atoms with E-state index >= 15 is 0 Å². The molecule has 0 radical (unpaired) electrons. The van der Waals surface area contributed by atoms with Gasteiger partial charge in [-0.25, -0.2) is 9.37 Å². The van der Waals surface area contributed by atoms with Crippen LogP contribution < -0.4 is 22.1 Å². The Kier molecular flexibility index (Phi) is 5.37. The summed E-state index contributed by atoms with van der Waals surface area (Å²) in [5.41, 5.74) is 15.4. The summed E-state index contributed by atoms with van der Waals surface area (Å²) in [6.07, 6.45) is 2.37. The van der Waals surface area contributed by atoms with Gasteiger partial charge in [0, 0.05) is 29.0 Å². The van der Waals surface area contributed by atoms with Crippen molar-refractivity contribution in [2.75, 3.05) is 10.6 Å². The van der Waals surface area contributed by atoms with Crippen LogP contribution in [0.25, 0.3) is 5.70 Å². The number of halogens is 1. The van der Waals surface area contributed by atoms with Gasteiger partial charge < -0.3 is 22.1 Å². The first kappa shape index (κ1) is 19.2. The largest absolute Gasteiger partial charge is 0.399 e. The van der Waals surface area contributed by atoms with Gasteiger partial charge >= 0.3 is 0 Å². The van der Waals surface area contributed by atoms with Crippen LogP contribution in [0.5, 0.6) is 0 Å². The first-order valence-corrected chi connectivity index (χ1v) is 9.28. The van der Waals surface area contributed by atoms with E-state index in [4.69, 9.17) is 16.5 Å². The second-order valence-electron chi connectivity index (χ2n) is 7.53. The Balaban J connectivity index is 1.95. The smallest absolute Gasteiger partial charge is 0.142 e. The molecule has 1 aliphatic rings. The van der Waals surface area contributed by atoms with Gasteiger partial charge in [-0.2, -0.15) is 0 Å². The summed E-state index contributed by atoms with van der Waals surface area (Å²) in [6, 6.07) is 7.11. The minimum atomic E-state index is -0.274. The van der Waals surface area contributed by atoms with Gasteiger partial charge in [0.25, 0.3) is 0 Å². The molecule has 0 bridgehead atoms. The lowest BCUT2D eigenvalue weighted by Gasteiger charge is -2.24. The normalized spacial score (nSPS) is 15.9. The van der Waals surface area contributed by atoms with Gasteiger partial charge in [-0.3, -0.25) is 0 Å². The maximum atomic E-state index is 13.9. The third-order valence-corrected chi connectivity index (χ3v) is 4.99. The van der Waals surface area contributed by atoms with E-state index in [1.165, 1.54) is 18.9 Å². The third kappa shape index (κ3) is 4.39. The lowest BCUT2D eigenvalue weighted by molar-refractivity contribution is 0.537. The summed E-state index contributed by atoms with van der Waals surface area (Å²) in [5, 5.41) is 6.67. The van der Waals surface area contributed by atoms with Crippen LogP contribution in [0.15, 0.2) is 30.8 Å². The Morgan fingerprint density at radius 1 is 1.22 bits per heavy atom. The number of nitrogens with one attached hydrogen (secondary N) is 2. The number of benzene rings is 1. The number of aromatic nitrogens is 1. The van der Waals surface area contributed by atoms with Crippen LogP contribution >= 0.6 is 0 Å². The van der Waals surface area contributed by atoms with Crippen molar-refractivity contribution < 1.29 is 4.39 Å². The summed E-state index contributed by atoms with van der Waals surface area (Å²) < 4.78 is 13.9. The maximum absolute atomic E-state index is 13.9. The number of rotatable bonds is 7. The van der Waals surface area contributed by atoms with E-state index in [2.05, 4.69) is 17.2 Å². The molecular formula is C21H28FN5. The summed E-state index contributed by atoms with van der Waals surface area (Å²) in [7, 11) is 0. The molecule has 1 fully saturated rings. The van der Waals surface area contributed by atoms with E-state index < -0.39 is 0 Å². The van der Waals surface area contributed by atoms with Gasteiger partial charge in [0.15, 0.2) is 0 Å². The molecule has 1 aromatic carbocycles. The van der Waals surface area contributed by atoms with Crippen molar-refractivity contribution in [2.45, 2.75) is 45.7 Å². The molecule has 0 saturated heterocycles. The zero-order valence-electron chi connectivity index (χ0n) is 16.1. The third-order valence-electron chi connectivity index (χ3n) is 4.99. The molecule has 3 rings (SSSR count). The predicted molar refractivity (Wildman–Crippen MR) is 110 cm³/mol. The number of nitrogens with zero attached hydrogens (tertiary/aromatic N) is 1. The van der Waals surface area contributed by atoms with Crippen molar-refractivity contribution in [3.05, 3.63) is 53.4 Å². The number of anilines is 3. The standard InChI is InChI=1S/C21H28FN5/c1-11-5-8-16(10-18(11)22)25-21-17(13(3)23)9-12(2)20(27-21)26-19(14(4)24)15-6-7-15/h5,8-10,14-15,19H,3,6-7,23-24H2,1-2,4H3,(H2,25,26,27). The Morgan fingerprint density at radius 3 is 2.48 bits per heavy atom. The molecule has 2 atom stereocenters. The molecule has 1 aliphatic carbocycles. The van der Waals surface area contributed by atoms with Crippen molar-refractivity contribution in [1.82, 2.24) is 4.98 Å². The molecule has 27 heavy (non-hydrogen) atoms. The van der Waals surface area contributed by atoms with Crippen LogP contribution in [-0.4, -0.2) is 17.1 Å². The molecule has 5 nitrogen and oxygen atoms in total. The lowest BCUT2D eigenvalue weighted by atomic mass is 10.0. The molecule has 2 aromatic rings. The van der Waals surface area contributed by atoms with Crippen LogP contribution in [0.2, 0.25) is 0 Å². The minimum Gasteiger partial charge on any atom is -0.399 e. The number of hydrogen-bond donors (Lipinski definition) is 4. The highest BCUT2D eigenvalue weighted by molar-refractivity contribution is 5.76. The SMILES string of the molecule is C=C(N)c1cc(C)c(NC(C(C)N)C2CC2)nc1Nc1ccc(C)c(F)c1. The summed E-state index contributed by atoms with van der Waals surface area (Å²) >= 11 is 0. The van der Waals surface area contributed by atoms with E-state index in [0.717, 1.165) is 11.4 Å². The van der Waals surface area contributed by atoms with Crippen LogP contribution in [0.4, 0.5) is 21.7 Å². The summed E-state index contributed by atoms with van der Waals surface area (Å²) in [6.45, 7) is 9.55. The zero-order chi connectivity index (χ0) is 19.7. The van der Waals surface area contributed by atoms with Gasteiger partial charge in [0.1, 0.15) is 17.5 Å².